The van der Waals surface area contributed by atoms with Crippen LogP contribution in [0.3, 0.4) is 0 Å². The molecule has 1 amide bonds. The molecule has 0 bridgehead atoms. The molecule has 20 heavy (non-hydrogen) atoms. The Morgan fingerprint density at radius 1 is 1.35 bits per heavy atom. The summed E-state index contributed by atoms with van der Waals surface area (Å²) in [6.07, 6.45) is 0. The summed E-state index contributed by atoms with van der Waals surface area (Å²) in [6, 6.07) is 7.61. The molecule has 0 fully saturated rings. The van der Waals surface area contributed by atoms with Crippen LogP contribution in [-0.4, -0.2) is 35.1 Å². The highest BCUT2D eigenvalue weighted by molar-refractivity contribution is 5.94. The molecule has 2 aromatic rings. The van der Waals surface area contributed by atoms with Crippen molar-refractivity contribution < 1.29 is 18.7 Å². The number of nitrogens with one attached hydrogen (secondary N) is 2. The largest absolute Gasteiger partial charge is 0.390 e. The van der Waals surface area contributed by atoms with Crippen molar-refractivity contribution in [3.05, 3.63) is 46.2 Å². The van der Waals surface area contributed by atoms with Crippen molar-refractivity contribution in [1.82, 2.24) is 10.3 Å². The molecule has 0 saturated carbocycles. The monoisotopic (exact) mass is 282 g/mol. The summed E-state index contributed by atoms with van der Waals surface area (Å²) in [5.41, 5.74) is -0.0417. The summed E-state index contributed by atoms with van der Waals surface area (Å²) in [5, 5.41) is 10.8. The molecule has 0 saturated heterocycles. The number of hydrogen-bond donors (Lipinski definition) is 3. The smallest absolute Gasteiger partial charge is 0.287 e. The SMILES string of the molecule is O=C(NCC(F)(F)CO)c1cc(=O)c2ccccc2[nH]1. The molecule has 106 valence electrons. The van der Waals surface area contributed by atoms with Crippen LogP contribution in [0.5, 0.6) is 0 Å². The lowest BCUT2D eigenvalue weighted by Gasteiger charge is -2.13. The average molecular weight is 282 g/mol. The minimum Gasteiger partial charge on any atom is -0.390 e. The zero-order valence-corrected chi connectivity index (χ0v) is 10.3. The van der Waals surface area contributed by atoms with Gasteiger partial charge in [-0.1, -0.05) is 12.1 Å². The Hall–Kier alpha value is -2.28. The number of aliphatic hydroxyl groups is 1. The van der Waals surface area contributed by atoms with Crippen LogP contribution in [0.25, 0.3) is 10.9 Å². The van der Waals surface area contributed by atoms with Crippen LogP contribution < -0.4 is 10.7 Å². The Bertz CT molecular complexity index is 697. The third-order valence-electron chi connectivity index (χ3n) is 2.72. The molecule has 0 radical (unpaired) electrons. The summed E-state index contributed by atoms with van der Waals surface area (Å²) in [7, 11) is 0. The number of carbonyl (C=O) groups excluding carboxylic acids is 1. The first-order valence-corrected chi connectivity index (χ1v) is 5.82. The normalized spacial score (nSPS) is 11.6. The van der Waals surface area contributed by atoms with E-state index in [9.17, 15) is 18.4 Å². The maximum absolute atomic E-state index is 12.8. The van der Waals surface area contributed by atoms with Crippen LogP contribution in [-0.2, 0) is 0 Å². The molecule has 0 spiro atoms. The van der Waals surface area contributed by atoms with Crippen molar-refractivity contribution in [3.63, 3.8) is 0 Å². The van der Waals surface area contributed by atoms with Crippen LogP contribution in [0.2, 0.25) is 0 Å². The van der Waals surface area contributed by atoms with Gasteiger partial charge in [0.2, 0.25) is 0 Å². The van der Waals surface area contributed by atoms with Gasteiger partial charge in [-0.15, -0.1) is 0 Å². The first-order chi connectivity index (χ1) is 9.43. The minimum absolute atomic E-state index is 0.109. The highest BCUT2D eigenvalue weighted by Crippen LogP contribution is 2.11. The van der Waals surface area contributed by atoms with E-state index >= 15 is 0 Å². The van der Waals surface area contributed by atoms with Crippen LogP contribution in [0.15, 0.2) is 35.1 Å². The number of pyridine rings is 1. The molecule has 1 aromatic heterocycles. The molecule has 3 N–H and O–H groups in total. The number of carbonyl (C=O) groups is 1. The third-order valence-corrected chi connectivity index (χ3v) is 2.72. The predicted molar refractivity (Wildman–Crippen MR) is 68.9 cm³/mol. The number of aromatic nitrogens is 1. The second-order valence-electron chi connectivity index (χ2n) is 4.29. The van der Waals surface area contributed by atoms with Crippen molar-refractivity contribution in [3.8, 4) is 0 Å². The lowest BCUT2D eigenvalue weighted by atomic mass is 10.2. The molecule has 0 unspecified atom stereocenters. The van der Waals surface area contributed by atoms with Gasteiger partial charge in [0.1, 0.15) is 12.3 Å². The predicted octanol–water partition coefficient (Wildman–Crippen LogP) is 0.885. The van der Waals surface area contributed by atoms with Gasteiger partial charge in [0, 0.05) is 17.0 Å². The van der Waals surface area contributed by atoms with Crippen molar-refractivity contribution >= 4 is 16.8 Å². The lowest BCUT2D eigenvalue weighted by molar-refractivity contribution is -0.0462. The number of halogens is 2. The Morgan fingerprint density at radius 3 is 2.75 bits per heavy atom. The second-order valence-corrected chi connectivity index (χ2v) is 4.29. The molecule has 0 aliphatic rings. The van der Waals surface area contributed by atoms with Gasteiger partial charge in [-0.25, -0.2) is 8.78 Å². The number of benzene rings is 1. The quantitative estimate of drug-likeness (QED) is 0.778. The van der Waals surface area contributed by atoms with Crippen molar-refractivity contribution in [2.45, 2.75) is 5.92 Å². The number of rotatable bonds is 4. The first kappa shape index (κ1) is 14.1. The number of fused-ring (bicyclic) bond motifs is 1. The van der Waals surface area contributed by atoms with Crippen molar-refractivity contribution in [1.29, 1.82) is 0 Å². The maximum Gasteiger partial charge on any atom is 0.287 e. The zero-order chi connectivity index (χ0) is 14.8. The standard InChI is InChI=1S/C13H12F2N2O3/c14-13(15,7-18)6-16-12(20)10-5-11(19)8-3-1-2-4-9(8)17-10/h1-5,18H,6-7H2,(H,16,20)(H,17,19). The van der Waals surface area contributed by atoms with Gasteiger partial charge >= 0.3 is 0 Å². The van der Waals surface area contributed by atoms with Gasteiger partial charge in [-0.3, -0.25) is 9.59 Å². The minimum atomic E-state index is -3.40. The van der Waals surface area contributed by atoms with Gasteiger partial charge in [0.05, 0.1) is 6.54 Å². The maximum atomic E-state index is 12.8. The van der Waals surface area contributed by atoms with E-state index in [0.29, 0.717) is 10.9 Å². The molecule has 0 aliphatic heterocycles. The molecular weight excluding hydrogens is 270 g/mol. The summed E-state index contributed by atoms with van der Waals surface area (Å²) >= 11 is 0. The summed E-state index contributed by atoms with van der Waals surface area (Å²) < 4.78 is 25.6. The Kier molecular flexibility index (Phi) is 3.80. The summed E-state index contributed by atoms with van der Waals surface area (Å²) in [4.78, 5) is 26.2. The van der Waals surface area contributed by atoms with Crippen LogP contribution in [0, 0.1) is 0 Å². The van der Waals surface area contributed by atoms with E-state index in [1.54, 1.807) is 24.3 Å². The topological polar surface area (TPSA) is 82.2 Å². The van der Waals surface area contributed by atoms with Gasteiger partial charge in [0.25, 0.3) is 11.8 Å². The van der Waals surface area contributed by atoms with Gasteiger partial charge in [-0.2, -0.15) is 0 Å². The van der Waals surface area contributed by atoms with Crippen LogP contribution in [0.4, 0.5) is 8.78 Å². The molecule has 1 aromatic carbocycles. The Morgan fingerprint density at radius 2 is 2.05 bits per heavy atom. The average Bonchev–Trinajstić information content (AvgIpc) is 2.45. The number of hydrogen-bond acceptors (Lipinski definition) is 3. The Labute approximate surface area is 112 Å². The molecule has 2 rings (SSSR count). The van der Waals surface area contributed by atoms with Crippen molar-refractivity contribution in [2.24, 2.45) is 0 Å². The van der Waals surface area contributed by atoms with Gasteiger partial charge in [0.15, 0.2) is 5.43 Å². The second kappa shape index (κ2) is 5.38. The fourth-order valence-corrected chi connectivity index (χ4v) is 1.68. The highest BCUT2D eigenvalue weighted by atomic mass is 19.3. The van der Waals surface area contributed by atoms with E-state index in [-0.39, 0.29) is 11.1 Å². The van der Waals surface area contributed by atoms with Crippen LogP contribution >= 0.6 is 0 Å². The number of alkyl halides is 2. The van der Waals surface area contributed by atoms with E-state index in [2.05, 4.69) is 4.98 Å². The van der Waals surface area contributed by atoms with E-state index in [1.807, 2.05) is 5.32 Å². The van der Waals surface area contributed by atoms with E-state index in [0.717, 1.165) is 6.07 Å². The molecule has 1 heterocycles. The molecular formula is C13H12F2N2O3. The highest BCUT2D eigenvalue weighted by Gasteiger charge is 2.28. The molecule has 0 aliphatic carbocycles. The number of para-hydroxylation sites is 1. The summed E-state index contributed by atoms with van der Waals surface area (Å²) in [5.74, 6) is -4.23. The Balaban J connectivity index is 2.25. The zero-order valence-electron chi connectivity index (χ0n) is 10.3. The lowest BCUT2D eigenvalue weighted by Crippen LogP contribution is -2.39. The first-order valence-electron chi connectivity index (χ1n) is 5.82. The van der Waals surface area contributed by atoms with E-state index in [4.69, 9.17) is 5.11 Å². The number of aromatic amines is 1. The van der Waals surface area contributed by atoms with Gasteiger partial charge < -0.3 is 15.4 Å². The number of aliphatic hydroxyl groups excluding tert-OH is 1. The molecule has 7 heteroatoms. The third kappa shape index (κ3) is 3.00. The summed E-state index contributed by atoms with van der Waals surface area (Å²) in [6.45, 7) is -2.36. The molecule has 0 atom stereocenters. The number of amides is 1. The van der Waals surface area contributed by atoms with Gasteiger partial charge in [-0.05, 0) is 12.1 Å². The van der Waals surface area contributed by atoms with Crippen molar-refractivity contribution in [2.75, 3.05) is 13.2 Å². The van der Waals surface area contributed by atoms with E-state index in [1.165, 1.54) is 0 Å². The fourth-order valence-electron chi connectivity index (χ4n) is 1.68. The molecule has 5 nitrogen and oxygen atoms in total. The fraction of sp³-hybridized carbons (Fsp3) is 0.231. The van der Waals surface area contributed by atoms with E-state index < -0.39 is 25.0 Å². The van der Waals surface area contributed by atoms with Crippen LogP contribution in [0.1, 0.15) is 10.5 Å². The number of H-pyrrole nitrogens is 1.